The van der Waals surface area contributed by atoms with Crippen LogP contribution in [-0.2, 0) is 16.9 Å². The summed E-state index contributed by atoms with van der Waals surface area (Å²) in [7, 11) is 4.23. The molecule has 1 saturated carbocycles. The van der Waals surface area contributed by atoms with E-state index in [0.29, 0.717) is 36.2 Å². The van der Waals surface area contributed by atoms with Gasteiger partial charge in [-0.2, -0.15) is 0 Å². The van der Waals surface area contributed by atoms with Crippen molar-refractivity contribution in [2.24, 2.45) is 0 Å². The smallest absolute Gasteiger partial charge is 0.263 e. The summed E-state index contributed by atoms with van der Waals surface area (Å²) >= 11 is 0. The second-order valence-corrected chi connectivity index (χ2v) is 9.68. The molecule has 0 bridgehead atoms. The monoisotopic (exact) mass is 459 g/mol. The van der Waals surface area contributed by atoms with E-state index in [1.807, 2.05) is 18.2 Å². The van der Waals surface area contributed by atoms with Crippen molar-refractivity contribution in [3.63, 3.8) is 0 Å². The first-order valence-corrected chi connectivity index (χ1v) is 12.3. The molecular weight excluding hydrogens is 426 g/mol. The fraction of sp³-hybridized carbons (Fsp3) is 0.444. The topological polar surface area (TPSA) is 61.7 Å². The van der Waals surface area contributed by atoms with Crippen molar-refractivity contribution < 1.29 is 4.79 Å². The second kappa shape index (κ2) is 8.87. The van der Waals surface area contributed by atoms with E-state index in [4.69, 9.17) is 4.98 Å². The van der Waals surface area contributed by atoms with Gasteiger partial charge < -0.3 is 9.80 Å². The van der Waals surface area contributed by atoms with E-state index in [2.05, 4.69) is 55.1 Å². The van der Waals surface area contributed by atoms with Crippen LogP contribution in [0.2, 0.25) is 0 Å². The minimum atomic E-state index is -0.783. The number of hydrogen-bond donors (Lipinski definition) is 0. The first-order chi connectivity index (χ1) is 16.4. The average Bonchev–Trinajstić information content (AvgIpc) is 3.43. The number of rotatable bonds is 7. The highest BCUT2D eigenvalue weighted by atomic mass is 16.2. The van der Waals surface area contributed by atoms with E-state index in [-0.39, 0.29) is 11.5 Å². The number of carbonyl (C=O) groups is 1. The molecule has 7 nitrogen and oxygen atoms in total. The number of amides is 1. The number of benzene rings is 2. The zero-order valence-electron chi connectivity index (χ0n) is 20.3. The van der Waals surface area contributed by atoms with Gasteiger partial charge in [-0.3, -0.25) is 19.1 Å². The lowest BCUT2D eigenvalue weighted by Gasteiger charge is -2.24. The summed E-state index contributed by atoms with van der Waals surface area (Å²) in [4.78, 5) is 38.4. The number of fused-ring (bicyclic) bond motifs is 3. The van der Waals surface area contributed by atoms with E-state index >= 15 is 0 Å². The highest BCUT2D eigenvalue weighted by molar-refractivity contribution is 6.02. The minimum absolute atomic E-state index is 0.00806. The largest absolute Gasteiger partial charge is 0.373 e. The Labute approximate surface area is 200 Å². The molecule has 1 aromatic heterocycles. The van der Waals surface area contributed by atoms with Crippen molar-refractivity contribution in [3.8, 4) is 0 Å². The molecule has 1 fully saturated rings. The third-order valence-electron chi connectivity index (χ3n) is 7.58. The second-order valence-electron chi connectivity index (χ2n) is 9.68. The Kier molecular flexibility index (Phi) is 5.90. The molecule has 7 heteroatoms. The molecule has 1 spiro atoms. The van der Waals surface area contributed by atoms with Crippen molar-refractivity contribution >= 4 is 28.4 Å². The van der Waals surface area contributed by atoms with Crippen LogP contribution in [0, 0.1) is 0 Å². The molecule has 178 valence electrons. The molecule has 0 N–H and O–H groups in total. The van der Waals surface area contributed by atoms with E-state index in [1.54, 1.807) is 15.5 Å². The summed E-state index contributed by atoms with van der Waals surface area (Å²) in [6, 6.07) is 15.8. The number of carbonyl (C=O) groups excluding carboxylic acids is 1. The van der Waals surface area contributed by atoms with Crippen LogP contribution in [0.5, 0.6) is 0 Å². The third-order valence-corrected chi connectivity index (χ3v) is 7.58. The van der Waals surface area contributed by atoms with Gasteiger partial charge in [0.1, 0.15) is 5.54 Å². The molecule has 1 amide bonds. The van der Waals surface area contributed by atoms with E-state index < -0.39 is 5.54 Å². The third kappa shape index (κ3) is 3.68. The van der Waals surface area contributed by atoms with Gasteiger partial charge in [-0.05, 0) is 56.3 Å². The van der Waals surface area contributed by atoms with Gasteiger partial charge in [0.25, 0.3) is 11.5 Å². The lowest BCUT2D eigenvalue weighted by molar-refractivity contribution is -0.125. The fourth-order valence-electron chi connectivity index (χ4n) is 5.31. The van der Waals surface area contributed by atoms with Gasteiger partial charge in [0.05, 0.1) is 17.4 Å². The highest BCUT2D eigenvalue weighted by Gasteiger charge is 2.53. The van der Waals surface area contributed by atoms with Crippen molar-refractivity contribution in [1.82, 2.24) is 14.5 Å². The Morgan fingerprint density at radius 1 is 0.971 bits per heavy atom. The molecule has 2 aliphatic rings. The van der Waals surface area contributed by atoms with Crippen molar-refractivity contribution in [2.45, 2.75) is 44.7 Å². The summed E-state index contributed by atoms with van der Waals surface area (Å²) in [5.74, 6) is 0.494. The lowest BCUT2D eigenvalue weighted by atomic mass is 9.96. The SMILES string of the molecule is CCN(C)CCN(C)c1ccc(CN2C(=O)C3(CCCC3)n3c2nc2ccccc2c3=O)cc1. The van der Waals surface area contributed by atoms with Crippen LogP contribution in [0.15, 0.2) is 53.3 Å². The predicted molar refractivity (Wildman–Crippen MR) is 137 cm³/mol. The van der Waals surface area contributed by atoms with Gasteiger partial charge in [0.15, 0.2) is 0 Å². The normalized spacial score (nSPS) is 16.7. The molecule has 34 heavy (non-hydrogen) atoms. The number of anilines is 2. The molecule has 3 aromatic rings. The van der Waals surface area contributed by atoms with Crippen LogP contribution in [0.4, 0.5) is 11.6 Å². The first kappa shape index (κ1) is 22.6. The number of para-hydroxylation sites is 1. The van der Waals surface area contributed by atoms with Crippen LogP contribution in [0.3, 0.4) is 0 Å². The van der Waals surface area contributed by atoms with Crippen LogP contribution < -0.4 is 15.4 Å². The molecule has 2 heterocycles. The number of aromatic nitrogens is 2. The molecule has 0 saturated heterocycles. The highest BCUT2D eigenvalue weighted by Crippen LogP contribution is 2.45. The van der Waals surface area contributed by atoms with Crippen molar-refractivity contribution in [2.75, 3.05) is 43.5 Å². The predicted octanol–water partition coefficient (Wildman–Crippen LogP) is 3.60. The quantitative estimate of drug-likeness (QED) is 0.540. The van der Waals surface area contributed by atoms with Gasteiger partial charge >= 0.3 is 0 Å². The number of nitrogens with zero attached hydrogens (tertiary/aromatic N) is 5. The van der Waals surface area contributed by atoms with Crippen molar-refractivity contribution in [3.05, 3.63) is 64.4 Å². The van der Waals surface area contributed by atoms with Crippen LogP contribution in [0.1, 0.15) is 38.2 Å². The summed E-state index contributed by atoms with van der Waals surface area (Å²) in [6.07, 6.45) is 3.30. The molecule has 2 aromatic carbocycles. The zero-order chi connectivity index (χ0) is 23.9. The molecular formula is C27H33N5O2. The van der Waals surface area contributed by atoms with Gasteiger partial charge in [-0.15, -0.1) is 0 Å². The first-order valence-electron chi connectivity index (χ1n) is 12.3. The molecule has 0 radical (unpaired) electrons. The number of hydrogen-bond acceptors (Lipinski definition) is 5. The zero-order valence-corrected chi connectivity index (χ0v) is 20.3. The minimum Gasteiger partial charge on any atom is -0.373 e. The molecule has 5 rings (SSSR count). The van der Waals surface area contributed by atoms with E-state index in [9.17, 15) is 9.59 Å². The van der Waals surface area contributed by atoms with Crippen molar-refractivity contribution in [1.29, 1.82) is 0 Å². The summed E-state index contributed by atoms with van der Waals surface area (Å²) < 4.78 is 1.71. The van der Waals surface area contributed by atoms with Gasteiger partial charge in [0.2, 0.25) is 5.95 Å². The van der Waals surface area contributed by atoms with Gasteiger partial charge in [-0.25, -0.2) is 4.98 Å². The molecule has 1 aliphatic carbocycles. The lowest BCUT2D eigenvalue weighted by Crippen LogP contribution is -2.43. The van der Waals surface area contributed by atoms with Crippen LogP contribution in [-0.4, -0.2) is 54.1 Å². The fourth-order valence-corrected chi connectivity index (χ4v) is 5.31. The summed E-state index contributed by atoms with van der Waals surface area (Å²) in [5.41, 5.74) is 1.93. The standard InChI is InChI=1S/C27H33N5O2/c1-4-29(2)17-18-30(3)21-13-11-20(12-14-21)19-31-25(34)27(15-7-8-16-27)32-24(33)22-9-5-6-10-23(22)28-26(31)32/h5-6,9-14H,4,7-8,15-19H2,1-3H3. The van der Waals surface area contributed by atoms with E-state index in [0.717, 1.165) is 43.7 Å². The average molecular weight is 460 g/mol. The Balaban J connectivity index is 1.45. The number of likely N-dealkylation sites (N-methyl/N-ethyl adjacent to an activating group) is 2. The maximum atomic E-state index is 13.8. The van der Waals surface area contributed by atoms with Crippen LogP contribution >= 0.6 is 0 Å². The summed E-state index contributed by atoms with van der Waals surface area (Å²) in [5, 5.41) is 0.577. The Morgan fingerprint density at radius 2 is 1.68 bits per heavy atom. The molecule has 1 aliphatic heterocycles. The summed E-state index contributed by atoms with van der Waals surface area (Å²) in [6.45, 7) is 5.56. The Hall–Kier alpha value is -3.19. The molecule has 0 atom stereocenters. The maximum absolute atomic E-state index is 13.8. The molecule has 0 unspecified atom stereocenters. The van der Waals surface area contributed by atoms with Gasteiger partial charge in [0, 0.05) is 25.8 Å². The maximum Gasteiger partial charge on any atom is 0.263 e. The Bertz CT molecular complexity index is 1260. The van der Waals surface area contributed by atoms with Crippen LogP contribution in [0.25, 0.3) is 10.9 Å². The Morgan fingerprint density at radius 3 is 2.38 bits per heavy atom. The van der Waals surface area contributed by atoms with E-state index in [1.165, 1.54) is 0 Å². The van der Waals surface area contributed by atoms with Gasteiger partial charge in [-0.1, -0.05) is 44.0 Å².